The molecule has 9 nitrogen and oxygen atoms in total. The number of carboxylic acids is 1. The molecule has 9 heteroatoms. The fourth-order valence-corrected chi connectivity index (χ4v) is 3.58. The van der Waals surface area contributed by atoms with Crippen molar-refractivity contribution < 1.29 is 19.5 Å². The Kier molecular flexibility index (Phi) is 7.55. The molecule has 1 aromatic rings. The average molecular weight is 418 g/mol. The fourth-order valence-electron chi connectivity index (χ4n) is 3.58. The number of piperazine rings is 1. The number of nitrogen functional groups attached to an aromatic ring is 1. The maximum Gasteiger partial charge on any atom is 0.317 e. The van der Waals surface area contributed by atoms with E-state index in [1.165, 1.54) is 0 Å². The first-order chi connectivity index (χ1) is 14.0. The smallest absolute Gasteiger partial charge is 0.317 e. The van der Waals surface area contributed by atoms with E-state index in [4.69, 9.17) is 16.2 Å². The average Bonchev–Trinajstić information content (AvgIpc) is 2.66. The number of benzene rings is 1. The van der Waals surface area contributed by atoms with Crippen molar-refractivity contribution in [3.63, 3.8) is 0 Å². The van der Waals surface area contributed by atoms with Crippen LogP contribution in [0.2, 0.25) is 0 Å². The van der Waals surface area contributed by atoms with Crippen molar-refractivity contribution in [2.75, 3.05) is 32.7 Å². The molecule has 1 unspecified atom stereocenters. The lowest BCUT2D eigenvalue weighted by Gasteiger charge is -2.46. The number of hydrogen-bond acceptors (Lipinski definition) is 5. The molecule has 30 heavy (non-hydrogen) atoms. The van der Waals surface area contributed by atoms with Crippen molar-refractivity contribution >= 4 is 23.6 Å². The minimum atomic E-state index is -0.872. The lowest BCUT2D eigenvalue weighted by Crippen LogP contribution is -2.60. The topological polar surface area (TPSA) is 140 Å². The van der Waals surface area contributed by atoms with Crippen molar-refractivity contribution in [2.24, 2.45) is 11.1 Å². The minimum Gasteiger partial charge on any atom is -0.480 e. The van der Waals surface area contributed by atoms with Crippen LogP contribution >= 0.6 is 0 Å². The molecule has 1 aliphatic rings. The van der Waals surface area contributed by atoms with E-state index in [-0.39, 0.29) is 48.6 Å². The summed E-state index contributed by atoms with van der Waals surface area (Å²) in [5.74, 6) is -1.30. The Hall–Kier alpha value is -2.94. The Labute approximate surface area is 176 Å². The van der Waals surface area contributed by atoms with Crippen LogP contribution in [0.25, 0.3) is 0 Å². The second-order valence-electron chi connectivity index (χ2n) is 8.58. The molecule has 5 N–H and O–H groups in total. The predicted molar refractivity (Wildman–Crippen MR) is 113 cm³/mol. The number of carbonyl (C=O) groups is 3. The zero-order valence-corrected chi connectivity index (χ0v) is 17.8. The van der Waals surface area contributed by atoms with E-state index in [9.17, 15) is 14.4 Å². The van der Waals surface area contributed by atoms with Gasteiger partial charge < -0.3 is 21.1 Å². The maximum absolute atomic E-state index is 12.6. The van der Waals surface area contributed by atoms with Crippen LogP contribution in [0.4, 0.5) is 0 Å². The van der Waals surface area contributed by atoms with Crippen LogP contribution in [-0.2, 0) is 9.59 Å². The van der Waals surface area contributed by atoms with E-state index in [1.54, 1.807) is 29.2 Å². The zero-order valence-electron chi connectivity index (χ0n) is 17.8. The summed E-state index contributed by atoms with van der Waals surface area (Å²) in [6, 6.07) is 6.32. The van der Waals surface area contributed by atoms with Gasteiger partial charge in [-0.05, 0) is 17.5 Å². The zero-order chi connectivity index (χ0) is 22.5. The second kappa shape index (κ2) is 9.71. The molecule has 0 spiro atoms. The van der Waals surface area contributed by atoms with Gasteiger partial charge in [-0.2, -0.15) is 0 Å². The summed E-state index contributed by atoms with van der Waals surface area (Å²) in [7, 11) is 0. The van der Waals surface area contributed by atoms with Gasteiger partial charge in [0.25, 0.3) is 5.91 Å². The van der Waals surface area contributed by atoms with Crippen LogP contribution in [0.15, 0.2) is 24.3 Å². The van der Waals surface area contributed by atoms with E-state index in [1.807, 2.05) is 25.7 Å². The monoisotopic (exact) mass is 417 g/mol. The molecule has 0 aliphatic carbocycles. The Bertz CT molecular complexity index is 801. The molecule has 0 radical (unpaired) electrons. The predicted octanol–water partition coefficient (Wildman–Crippen LogP) is 0.734. The summed E-state index contributed by atoms with van der Waals surface area (Å²) in [5.41, 5.74) is 6.20. The summed E-state index contributed by atoms with van der Waals surface area (Å²) >= 11 is 0. The van der Waals surface area contributed by atoms with Crippen LogP contribution in [0.3, 0.4) is 0 Å². The van der Waals surface area contributed by atoms with Crippen LogP contribution in [0.1, 0.15) is 43.1 Å². The third-order valence-electron chi connectivity index (χ3n) is 5.26. The number of amides is 2. The van der Waals surface area contributed by atoms with E-state index in [2.05, 4.69) is 5.32 Å². The number of rotatable bonds is 7. The lowest BCUT2D eigenvalue weighted by molar-refractivity contribution is -0.142. The SMILES string of the molecule is CC(C)(C)C1CN(C(=O)CCNC(=O)c2ccc(C(=N)N)cc2)CCN1CC(=O)O. The molecule has 164 valence electrons. The number of nitrogens with two attached hydrogens (primary N) is 1. The van der Waals surface area contributed by atoms with Gasteiger partial charge in [-0.1, -0.05) is 32.9 Å². The summed E-state index contributed by atoms with van der Waals surface area (Å²) in [6.07, 6.45) is 0.174. The molecule has 2 amide bonds. The number of carbonyl (C=O) groups excluding carboxylic acids is 2. The molecule has 1 fully saturated rings. The standard InChI is InChI=1S/C21H31N5O4/c1-21(2,3)16-12-26(11-10-25(16)13-18(28)29)17(27)8-9-24-20(30)15-6-4-14(5-7-15)19(22)23/h4-7,16H,8-13H2,1-3H3,(H3,22,23)(H,24,30)(H,28,29). The highest BCUT2D eigenvalue weighted by molar-refractivity contribution is 5.98. The highest BCUT2D eigenvalue weighted by atomic mass is 16.4. The third-order valence-corrected chi connectivity index (χ3v) is 5.26. The second-order valence-corrected chi connectivity index (χ2v) is 8.58. The van der Waals surface area contributed by atoms with Gasteiger partial charge in [-0.3, -0.25) is 24.7 Å². The molecular formula is C21H31N5O4. The van der Waals surface area contributed by atoms with Crippen molar-refractivity contribution in [1.82, 2.24) is 15.1 Å². The van der Waals surface area contributed by atoms with Gasteiger partial charge in [0, 0.05) is 49.8 Å². The van der Waals surface area contributed by atoms with Crippen LogP contribution in [0.5, 0.6) is 0 Å². The van der Waals surface area contributed by atoms with Crippen molar-refractivity contribution in [3.8, 4) is 0 Å². The number of nitrogens with zero attached hydrogens (tertiary/aromatic N) is 2. The number of nitrogens with one attached hydrogen (secondary N) is 2. The molecule has 2 rings (SSSR count). The van der Waals surface area contributed by atoms with Gasteiger partial charge in [0.1, 0.15) is 5.84 Å². The van der Waals surface area contributed by atoms with E-state index in [0.29, 0.717) is 30.8 Å². The fraction of sp³-hybridized carbons (Fsp3) is 0.524. The maximum atomic E-state index is 12.6. The van der Waals surface area contributed by atoms with Gasteiger partial charge in [0.2, 0.25) is 5.91 Å². The molecule has 1 saturated heterocycles. The van der Waals surface area contributed by atoms with Gasteiger partial charge in [0.05, 0.1) is 6.54 Å². The molecule has 1 heterocycles. The van der Waals surface area contributed by atoms with Gasteiger partial charge in [0.15, 0.2) is 0 Å². The summed E-state index contributed by atoms with van der Waals surface area (Å²) in [4.78, 5) is 39.7. The Morgan fingerprint density at radius 2 is 1.77 bits per heavy atom. The highest BCUT2D eigenvalue weighted by Crippen LogP contribution is 2.27. The summed E-state index contributed by atoms with van der Waals surface area (Å²) < 4.78 is 0. The summed E-state index contributed by atoms with van der Waals surface area (Å²) in [5, 5.41) is 19.3. The number of carboxylic acid groups (broad SMARTS) is 1. The number of amidine groups is 1. The quantitative estimate of drug-likeness (QED) is 0.381. The Balaban J connectivity index is 1.87. The van der Waals surface area contributed by atoms with Crippen molar-refractivity contribution in [3.05, 3.63) is 35.4 Å². The molecule has 0 saturated carbocycles. The molecule has 1 aromatic carbocycles. The van der Waals surface area contributed by atoms with E-state index >= 15 is 0 Å². The molecule has 1 aliphatic heterocycles. The van der Waals surface area contributed by atoms with Gasteiger partial charge in [-0.15, -0.1) is 0 Å². The molecular weight excluding hydrogens is 386 g/mol. The van der Waals surface area contributed by atoms with Crippen LogP contribution < -0.4 is 11.1 Å². The van der Waals surface area contributed by atoms with E-state index in [0.717, 1.165) is 0 Å². The first kappa shape index (κ1) is 23.3. The minimum absolute atomic E-state index is 0.0392. The van der Waals surface area contributed by atoms with Crippen molar-refractivity contribution in [1.29, 1.82) is 5.41 Å². The van der Waals surface area contributed by atoms with Gasteiger partial charge in [-0.25, -0.2) is 0 Å². The number of aliphatic carboxylic acids is 1. The molecule has 0 bridgehead atoms. The van der Waals surface area contributed by atoms with Crippen molar-refractivity contribution in [2.45, 2.75) is 33.2 Å². The highest BCUT2D eigenvalue weighted by Gasteiger charge is 2.37. The normalized spacial score (nSPS) is 17.4. The lowest BCUT2D eigenvalue weighted by atomic mass is 9.84. The molecule has 0 aromatic heterocycles. The van der Waals surface area contributed by atoms with Gasteiger partial charge >= 0.3 is 5.97 Å². The number of hydrogen-bond donors (Lipinski definition) is 4. The first-order valence-electron chi connectivity index (χ1n) is 9.95. The first-order valence-corrected chi connectivity index (χ1v) is 9.95. The third kappa shape index (κ3) is 6.28. The molecule has 1 atom stereocenters. The van der Waals surface area contributed by atoms with Crippen LogP contribution in [-0.4, -0.2) is 77.3 Å². The van der Waals surface area contributed by atoms with E-state index < -0.39 is 5.97 Å². The largest absolute Gasteiger partial charge is 0.480 e. The van der Waals surface area contributed by atoms with Crippen LogP contribution in [0, 0.1) is 10.8 Å². The Morgan fingerprint density at radius 3 is 2.30 bits per heavy atom. The Morgan fingerprint density at radius 1 is 1.17 bits per heavy atom. The summed E-state index contributed by atoms with van der Waals surface area (Å²) in [6.45, 7) is 7.74.